The summed E-state index contributed by atoms with van der Waals surface area (Å²) in [5, 5.41) is 4.17. The van der Waals surface area contributed by atoms with E-state index in [4.69, 9.17) is 9.47 Å². The summed E-state index contributed by atoms with van der Waals surface area (Å²) in [6, 6.07) is 13.1. The topological polar surface area (TPSA) is 59.9 Å². The van der Waals surface area contributed by atoms with Gasteiger partial charge in [-0.25, -0.2) is 5.43 Å². The van der Waals surface area contributed by atoms with E-state index in [1.807, 2.05) is 19.1 Å². The largest absolute Gasteiger partial charge is 0.493 e. The second-order valence-electron chi connectivity index (χ2n) is 5.26. The van der Waals surface area contributed by atoms with Crippen LogP contribution in [0.2, 0.25) is 0 Å². The zero-order valence-corrected chi connectivity index (χ0v) is 14.4. The molecule has 0 saturated heterocycles. The molecular formula is C19H22N2O3. The lowest BCUT2D eigenvalue weighted by atomic mass is 10.1. The number of methoxy groups -OCH3 is 2. The molecule has 0 unspecified atom stereocenters. The molecule has 0 atom stereocenters. The molecule has 0 bridgehead atoms. The number of nitrogens with zero attached hydrogens (tertiary/aromatic N) is 1. The van der Waals surface area contributed by atoms with Crippen LogP contribution in [0, 0.1) is 0 Å². The Morgan fingerprint density at radius 3 is 2.21 bits per heavy atom. The van der Waals surface area contributed by atoms with E-state index in [-0.39, 0.29) is 5.91 Å². The molecule has 5 heteroatoms. The molecule has 2 aromatic carbocycles. The molecule has 2 rings (SSSR count). The molecule has 0 heterocycles. The number of ether oxygens (including phenoxy) is 2. The first-order valence-corrected chi connectivity index (χ1v) is 7.75. The van der Waals surface area contributed by atoms with Gasteiger partial charge >= 0.3 is 0 Å². The number of carbonyl (C=O) groups excluding carboxylic acids is 1. The summed E-state index contributed by atoms with van der Waals surface area (Å²) >= 11 is 0. The zero-order valence-electron chi connectivity index (χ0n) is 14.4. The van der Waals surface area contributed by atoms with Gasteiger partial charge in [-0.2, -0.15) is 5.10 Å². The van der Waals surface area contributed by atoms with Crippen molar-refractivity contribution in [3.8, 4) is 11.5 Å². The minimum absolute atomic E-state index is 0.305. The van der Waals surface area contributed by atoms with Crippen LogP contribution in [0.4, 0.5) is 0 Å². The second kappa shape index (κ2) is 8.15. The lowest BCUT2D eigenvalue weighted by molar-refractivity contribution is 0.0954. The first-order valence-electron chi connectivity index (χ1n) is 7.75. The number of amides is 1. The van der Waals surface area contributed by atoms with Crippen molar-refractivity contribution in [3.63, 3.8) is 0 Å². The van der Waals surface area contributed by atoms with E-state index < -0.39 is 0 Å². The summed E-state index contributed by atoms with van der Waals surface area (Å²) in [6.45, 7) is 3.97. The van der Waals surface area contributed by atoms with Gasteiger partial charge in [-0.05, 0) is 42.7 Å². The summed E-state index contributed by atoms with van der Waals surface area (Å²) in [6.07, 6.45) is 0.993. The van der Waals surface area contributed by atoms with E-state index >= 15 is 0 Å². The standard InChI is InChI=1S/C19H22N2O3/c1-5-14-6-8-15(9-7-14)13(2)20-21-19(22)16-10-11-17(23-3)18(12-16)24-4/h6-12H,5H2,1-4H3,(H,21,22)/b20-13+. The Bertz CT molecular complexity index is 737. The van der Waals surface area contributed by atoms with Gasteiger partial charge in [0.25, 0.3) is 5.91 Å². The number of carbonyl (C=O) groups is 1. The monoisotopic (exact) mass is 326 g/mol. The molecule has 1 N–H and O–H groups in total. The van der Waals surface area contributed by atoms with Crippen LogP contribution in [-0.2, 0) is 6.42 Å². The van der Waals surface area contributed by atoms with Crippen molar-refractivity contribution in [2.75, 3.05) is 14.2 Å². The van der Waals surface area contributed by atoms with Crippen LogP contribution < -0.4 is 14.9 Å². The maximum atomic E-state index is 12.2. The third-order valence-corrected chi connectivity index (χ3v) is 3.75. The number of hydrogen-bond donors (Lipinski definition) is 1. The van der Waals surface area contributed by atoms with Gasteiger partial charge in [-0.3, -0.25) is 4.79 Å². The SMILES string of the molecule is CCc1ccc(/C(C)=N/NC(=O)c2ccc(OC)c(OC)c2)cc1. The molecule has 0 radical (unpaired) electrons. The predicted octanol–water partition coefficient (Wildman–Crippen LogP) is 3.42. The van der Waals surface area contributed by atoms with E-state index in [1.54, 1.807) is 25.3 Å². The van der Waals surface area contributed by atoms with E-state index in [1.165, 1.54) is 12.7 Å². The summed E-state index contributed by atoms with van der Waals surface area (Å²) in [5.74, 6) is 0.770. The summed E-state index contributed by atoms with van der Waals surface area (Å²) < 4.78 is 10.4. The van der Waals surface area contributed by atoms with Crippen LogP contribution in [0.1, 0.15) is 35.3 Å². The summed E-state index contributed by atoms with van der Waals surface area (Å²) in [4.78, 5) is 12.2. The molecule has 0 fully saturated rings. The maximum absolute atomic E-state index is 12.2. The van der Waals surface area contributed by atoms with Crippen molar-refractivity contribution in [1.82, 2.24) is 5.43 Å². The molecule has 0 spiro atoms. The molecule has 0 aromatic heterocycles. The Kier molecular flexibility index (Phi) is 5.95. The molecule has 126 valence electrons. The quantitative estimate of drug-likeness (QED) is 0.653. The van der Waals surface area contributed by atoms with Crippen molar-refractivity contribution in [2.24, 2.45) is 5.10 Å². The first kappa shape index (κ1) is 17.5. The van der Waals surface area contributed by atoms with Crippen LogP contribution in [0.3, 0.4) is 0 Å². The third kappa shape index (κ3) is 4.13. The fourth-order valence-corrected chi connectivity index (χ4v) is 2.22. The van der Waals surface area contributed by atoms with Crippen molar-refractivity contribution in [2.45, 2.75) is 20.3 Å². The van der Waals surface area contributed by atoms with Gasteiger partial charge in [0.1, 0.15) is 0 Å². The third-order valence-electron chi connectivity index (χ3n) is 3.75. The zero-order chi connectivity index (χ0) is 17.5. The van der Waals surface area contributed by atoms with Crippen molar-refractivity contribution < 1.29 is 14.3 Å². The lowest BCUT2D eigenvalue weighted by Gasteiger charge is -2.09. The number of rotatable bonds is 6. The van der Waals surface area contributed by atoms with E-state index in [0.717, 1.165) is 17.7 Å². The highest BCUT2D eigenvalue weighted by Gasteiger charge is 2.10. The predicted molar refractivity (Wildman–Crippen MR) is 95.0 cm³/mol. The van der Waals surface area contributed by atoms with Gasteiger partial charge in [-0.1, -0.05) is 31.2 Å². The highest BCUT2D eigenvalue weighted by Crippen LogP contribution is 2.27. The smallest absolute Gasteiger partial charge is 0.271 e. The minimum atomic E-state index is -0.305. The van der Waals surface area contributed by atoms with Crippen molar-refractivity contribution in [3.05, 3.63) is 59.2 Å². The van der Waals surface area contributed by atoms with Gasteiger partial charge in [0.2, 0.25) is 0 Å². The van der Waals surface area contributed by atoms with E-state index in [2.05, 4.69) is 29.6 Å². The number of nitrogens with one attached hydrogen (secondary N) is 1. The Morgan fingerprint density at radius 2 is 1.62 bits per heavy atom. The van der Waals surface area contributed by atoms with Crippen LogP contribution in [0.25, 0.3) is 0 Å². The van der Waals surface area contributed by atoms with E-state index in [9.17, 15) is 4.79 Å². The average molecular weight is 326 g/mol. The van der Waals surface area contributed by atoms with Crippen molar-refractivity contribution >= 4 is 11.6 Å². The fraction of sp³-hybridized carbons (Fsp3) is 0.263. The molecule has 1 amide bonds. The minimum Gasteiger partial charge on any atom is -0.493 e. The Balaban J connectivity index is 2.10. The summed E-state index contributed by atoms with van der Waals surface area (Å²) in [5.41, 5.74) is 6.00. The molecular weight excluding hydrogens is 304 g/mol. The normalized spacial score (nSPS) is 11.1. The van der Waals surface area contributed by atoms with Gasteiger partial charge in [0, 0.05) is 5.56 Å². The lowest BCUT2D eigenvalue weighted by Crippen LogP contribution is -2.19. The highest BCUT2D eigenvalue weighted by atomic mass is 16.5. The highest BCUT2D eigenvalue weighted by molar-refractivity contribution is 6.01. The summed E-state index contributed by atoms with van der Waals surface area (Å²) in [7, 11) is 3.08. The maximum Gasteiger partial charge on any atom is 0.271 e. The molecule has 0 saturated carbocycles. The number of aryl methyl sites for hydroxylation is 1. The average Bonchev–Trinajstić information content (AvgIpc) is 2.65. The molecule has 0 aliphatic heterocycles. The van der Waals surface area contributed by atoms with Gasteiger partial charge in [0.15, 0.2) is 11.5 Å². The van der Waals surface area contributed by atoms with Crippen LogP contribution in [-0.4, -0.2) is 25.8 Å². The molecule has 0 aliphatic rings. The fourth-order valence-electron chi connectivity index (χ4n) is 2.22. The molecule has 5 nitrogen and oxygen atoms in total. The Morgan fingerprint density at radius 1 is 1.00 bits per heavy atom. The Labute approximate surface area is 142 Å². The van der Waals surface area contributed by atoms with E-state index in [0.29, 0.717) is 17.1 Å². The van der Waals surface area contributed by atoms with Gasteiger partial charge in [-0.15, -0.1) is 0 Å². The molecule has 2 aromatic rings. The van der Waals surface area contributed by atoms with Crippen LogP contribution in [0.5, 0.6) is 11.5 Å². The second-order valence-corrected chi connectivity index (χ2v) is 5.26. The van der Waals surface area contributed by atoms with Crippen LogP contribution >= 0.6 is 0 Å². The molecule has 24 heavy (non-hydrogen) atoms. The van der Waals surface area contributed by atoms with Crippen molar-refractivity contribution in [1.29, 1.82) is 0 Å². The Hall–Kier alpha value is -2.82. The first-order chi connectivity index (χ1) is 11.6. The van der Waals surface area contributed by atoms with Gasteiger partial charge < -0.3 is 9.47 Å². The molecule has 0 aliphatic carbocycles. The van der Waals surface area contributed by atoms with Crippen LogP contribution in [0.15, 0.2) is 47.6 Å². The van der Waals surface area contributed by atoms with Gasteiger partial charge in [0.05, 0.1) is 19.9 Å². The number of hydrogen-bond acceptors (Lipinski definition) is 4. The number of benzene rings is 2. The number of hydrazone groups is 1.